The van der Waals surface area contributed by atoms with Crippen molar-refractivity contribution in [3.05, 3.63) is 0 Å². The van der Waals surface area contributed by atoms with E-state index >= 15 is 0 Å². The minimum absolute atomic E-state index is 0.873. The number of thioether (sulfide) groups is 1. The molecule has 0 aliphatic rings. The first-order valence-corrected chi connectivity index (χ1v) is 7.43. The lowest BCUT2D eigenvalue weighted by atomic mass is 10.0. The van der Waals surface area contributed by atoms with Gasteiger partial charge >= 0.3 is 0 Å². The second-order valence-electron chi connectivity index (χ2n) is 4.67. The van der Waals surface area contributed by atoms with Crippen molar-refractivity contribution < 1.29 is 0 Å². The molecule has 0 radical (unpaired) electrons. The third kappa shape index (κ3) is 8.93. The first-order valence-electron chi connectivity index (χ1n) is 6.28. The van der Waals surface area contributed by atoms with Gasteiger partial charge in [0.1, 0.15) is 0 Å². The molecule has 0 saturated carbocycles. The predicted octanol–water partition coefficient (Wildman–Crippen LogP) is 4.98. The van der Waals surface area contributed by atoms with Gasteiger partial charge in [0, 0.05) is 0 Å². The zero-order valence-corrected chi connectivity index (χ0v) is 11.3. The lowest BCUT2D eigenvalue weighted by molar-refractivity contribution is 0.499. The zero-order chi connectivity index (χ0) is 10.8. The van der Waals surface area contributed by atoms with Crippen LogP contribution in [0.2, 0.25) is 0 Å². The molecule has 0 saturated heterocycles. The van der Waals surface area contributed by atoms with Crippen molar-refractivity contribution in [2.75, 3.05) is 11.5 Å². The van der Waals surface area contributed by atoms with Gasteiger partial charge in [-0.1, -0.05) is 47.0 Å². The van der Waals surface area contributed by atoms with Crippen molar-refractivity contribution in [2.24, 2.45) is 11.8 Å². The van der Waals surface area contributed by atoms with Crippen LogP contribution >= 0.6 is 11.8 Å². The van der Waals surface area contributed by atoms with Crippen LogP contribution in [0, 0.1) is 11.8 Å². The molecule has 0 fully saturated rings. The second kappa shape index (κ2) is 9.89. The van der Waals surface area contributed by atoms with Crippen molar-refractivity contribution in [2.45, 2.75) is 59.8 Å². The summed E-state index contributed by atoms with van der Waals surface area (Å²) >= 11 is 2.16. The Morgan fingerprint density at radius 1 is 1.07 bits per heavy atom. The maximum Gasteiger partial charge on any atom is -0.00392 e. The van der Waals surface area contributed by atoms with Gasteiger partial charge in [-0.2, -0.15) is 11.8 Å². The lowest BCUT2D eigenvalue weighted by Crippen LogP contribution is -2.03. The Morgan fingerprint density at radius 3 is 2.29 bits per heavy atom. The Morgan fingerprint density at radius 2 is 1.79 bits per heavy atom. The number of rotatable bonds is 9. The Balaban J connectivity index is 3.33. The Kier molecular flexibility index (Phi) is 10.1. The fourth-order valence-electron chi connectivity index (χ4n) is 1.47. The summed E-state index contributed by atoms with van der Waals surface area (Å²) < 4.78 is 0. The lowest BCUT2D eigenvalue weighted by Gasteiger charge is -2.14. The highest BCUT2D eigenvalue weighted by Crippen LogP contribution is 2.19. The number of unbranched alkanes of at least 4 members (excludes halogenated alkanes) is 1. The normalized spacial score (nSPS) is 13.5. The van der Waals surface area contributed by atoms with Gasteiger partial charge in [0.2, 0.25) is 0 Å². The fraction of sp³-hybridized carbons (Fsp3) is 1.00. The van der Waals surface area contributed by atoms with Gasteiger partial charge in [0.25, 0.3) is 0 Å². The molecular weight excluding hydrogens is 188 g/mol. The topological polar surface area (TPSA) is 0 Å². The van der Waals surface area contributed by atoms with Crippen LogP contribution in [0.15, 0.2) is 0 Å². The molecule has 0 heterocycles. The van der Waals surface area contributed by atoms with E-state index in [1.54, 1.807) is 0 Å². The van der Waals surface area contributed by atoms with Crippen molar-refractivity contribution in [3.8, 4) is 0 Å². The summed E-state index contributed by atoms with van der Waals surface area (Å²) in [5.74, 6) is 4.61. The Hall–Kier alpha value is 0.350. The molecule has 0 aromatic carbocycles. The third-order valence-electron chi connectivity index (χ3n) is 2.74. The minimum Gasteiger partial charge on any atom is -0.162 e. The molecule has 0 aliphatic heterocycles. The van der Waals surface area contributed by atoms with Gasteiger partial charge in [0.05, 0.1) is 0 Å². The summed E-state index contributed by atoms with van der Waals surface area (Å²) in [6, 6.07) is 0. The summed E-state index contributed by atoms with van der Waals surface area (Å²) in [6.45, 7) is 9.26. The molecular formula is C13H28S. The molecule has 1 atom stereocenters. The molecule has 0 aromatic heterocycles. The molecule has 1 unspecified atom stereocenters. The van der Waals surface area contributed by atoms with Gasteiger partial charge in [-0.05, 0) is 36.2 Å². The van der Waals surface area contributed by atoms with Crippen LogP contribution in [0.5, 0.6) is 0 Å². The third-order valence-corrected chi connectivity index (χ3v) is 3.97. The van der Waals surface area contributed by atoms with Gasteiger partial charge in [-0.25, -0.2) is 0 Å². The highest BCUT2D eigenvalue weighted by Gasteiger charge is 2.05. The van der Waals surface area contributed by atoms with E-state index in [4.69, 9.17) is 0 Å². The van der Waals surface area contributed by atoms with E-state index in [1.807, 2.05) is 0 Å². The van der Waals surface area contributed by atoms with E-state index in [2.05, 4.69) is 39.5 Å². The van der Waals surface area contributed by atoms with Crippen LogP contribution in [0.25, 0.3) is 0 Å². The highest BCUT2D eigenvalue weighted by molar-refractivity contribution is 7.99. The molecule has 0 amide bonds. The van der Waals surface area contributed by atoms with E-state index in [0.29, 0.717) is 0 Å². The molecule has 0 rings (SSSR count). The average molecular weight is 216 g/mol. The van der Waals surface area contributed by atoms with E-state index in [-0.39, 0.29) is 0 Å². The summed E-state index contributed by atoms with van der Waals surface area (Å²) in [5.41, 5.74) is 0. The molecule has 0 aromatic rings. The molecule has 0 nitrogen and oxygen atoms in total. The molecule has 0 aliphatic carbocycles. The van der Waals surface area contributed by atoms with Crippen molar-refractivity contribution in [3.63, 3.8) is 0 Å². The number of hydrogen-bond acceptors (Lipinski definition) is 1. The molecule has 1 heteroatoms. The highest BCUT2D eigenvalue weighted by atomic mass is 32.2. The smallest absolute Gasteiger partial charge is 0.00392 e. The molecule has 14 heavy (non-hydrogen) atoms. The molecule has 0 N–H and O–H groups in total. The van der Waals surface area contributed by atoms with Crippen LogP contribution in [0.4, 0.5) is 0 Å². The summed E-state index contributed by atoms with van der Waals surface area (Å²) in [4.78, 5) is 0. The van der Waals surface area contributed by atoms with Crippen LogP contribution in [0.3, 0.4) is 0 Å². The summed E-state index contributed by atoms with van der Waals surface area (Å²) in [7, 11) is 0. The number of hydrogen-bond donors (Lipinski definition) is 0. The minimum atomic E-state index is 0.873. The fourth-order valence-corrected chi connectivity index (χ4v) is 3.01. The maximum absolute atomic E-state index is 2.34. The van der Waals surface area contributed by atoms with Crippen LogP contribution in [-0.4, -0.2) is 11.5 Å². The molecule has 86 valence electrons. The Bertz CT molecular complexity index is 110. The van der Waals surface area contributed by atoms with Crippen molar-refractivity contribution in [1.82, 2.24) is 0 Å². The predicted molar refractivity (Wildman–Crippen MR) is 70.1 cm³/mol. The van der Waals surface area contributed by atoms with Gasteiger partial charge in [-0.3, -0.25) is 0 Å². The van der Waals surface area contributed by atoms with Gasteiger partial charge in [0.15, 0.2) is 0 Å². The van der Waals surface area contributed by atoms with E-state index in [1.165, 1.54) is 43.6 Å². The molecule has 0 spiro atoms. The average Bonchev–Trinajstić information content (AvgIpc) is 2.16. The van der Waals surface area contributed by atoms with E-state index in [0.717, 1.165) is 11.8 Å². The standard InChI is InChI=1S/C13H28S/c1-5-7-8-13(6-2)11-14-10-9-12(3)4/h12-13H,5-11H2,1-4H3. The van der Waals surface area contributed by atoms with Crippen molar-refractivity contribution in [1.29, 1.82) is 0 Å². The quantitative estimate of drug-likeness (QED) is 0.490. The first kappa shape index (κ1) is 14.3. The Labute approximate surface area is 95.2 Å². The summed E-state index contributed by atoms with van der Waals surface area (Å²) in [6.07, 6.45) is 6.97. The maximum atomic E-state index is 2.34. The largest absolute Gasteiger partial charge is 0.162 e. The van der Waals surface area contributed by atoms with Crippen LogP contribution < -0.4 is 0 Å². The van der Waals surface area contributed by atoms with Crippen LogP contribution in [-0.2, 0) is 0 Å². The van der Waals surface area contributed by atoms with E-state index in [9.17, 15) is 0 Å². The van der Waals surface area contributed by atoms with Gasteiger partial charge < -0.3 is 0 Å². The zero-order valence-electron chi connectivity index (χ0n) is 10.5. The first-order chi connectivity index (χ1) is 6.70. The summed E-state index contributed by atoms with van der Waals surface area (Å²) in [5, 5.41) is 0. The second-order valence-corrected chi connectivity index (χ2v) is 5.82. The SMILES string of the molecule is CCCCC(CC)CSCCC(C)C. The van der Waals surface area contributed by atoms with Crippen molar-refractivity contribution >= 4 is 11.8 Å². The van der Waals surface area contributed by atoms with Gasteiger partial charge in [-0.15, -0.1) is 0 Å². The van der Waals surface area contributed by atoms with Crippen LogP contribution in [0.1, 0.15) is 59.8 Å². The van der Waals surface area contributed by atoms with E-state index < -0.39 is 0 Å². The monoisotopic (exact) mass is 216 g/mol. The molecule has 0 bridgehead atoms.